The number of benzene rings is 1. The fourth-order valence-electron chi connectivity index (χ4n) is 5.16. The number of nitrogens with one attached hydrogen (secondary N) is 1. The zero-order valence-electron chi connectivity index (χ0n) is 19.1. The molecule has 172 valence electrons. The van der Waals surface area contributed by atoms with Crippen molar-refractivity contribution in [2.45, 2.75) is 26.3 Å². The molecule has 1 N–H and O–H groups in total. The lowest BCUT2D eigenvalue weighted by Crippen LogP contribution is -2.45. The molecule has 34 heavy (non-hydrogen) atoms. The first-order valence-corrected chi connectivity index (χ1v) is 12.4. The summed E-state index contributed by atoms with van der Waals surface area (Å²) in [4.78, 5) is 34.1. The van der Waals surface area contributed by atoms with Crippen molar-refractivity contribution in [1.82, 2.24) is 24.8 Å². The molecule has 1 saturated heterocycles. The molecule has 8 heteroatoms. The fraction of sp³-hybridized carbons (Fsp3) is 0.308. The zero-order valence-corrected chi connectivity index (χ0v) is 19.9. The van der Waals surface area contributed by atoms with Gasteiger partial charge in [-0.05, 0) is 49.8 Å². The SMILES string of the molecule is Cc1cccc(-c2sc(C)nc2C(=O)N2C[C@H]3C[C@H]3[C@H]2CNC(=O)c2cnn3ccccc23)c1. The second kappa shape index (κ2) is 8.06. The summed E-state index contributed by atoms with van der Waals surface area (Å²) in [6.45, 7) is 5.15. The summed E-state index contributed by atoms with van der Waals surface area (Å²) in [7, 11) is 0. The highest BCUT2D eigenvalue weighted by atomic mass is 32.1. The Bertz CT molecular complexity index is 1420. The predicted molar refractivity (Wildman–Crippen MR) is 131 cm³/mol. The average Bonchev–Trinajstić information content (AvgIpc) is 3.17. The summed E-state index contributed by atoms with van der Waals surface area (Å²) in [6, 6.07) is 13.8. The monoisotopic (exact) mass is 471 g/mol. The molecule has 6 rings (SSSR count). The van der Waals surface area contributed by atoms with E-state index in [1.165, 1.54) is 0 Å². The number of carbonyl (C=O) groups excluding carboxylic acids is 2. The highest BCUT2D eigenvalue weighted by molar-refractivity contribution is 7.15. The van der Waals surface area contributed by atoms with E-state index in [9.17, 15) is 9.59 Å². The number of aryl methyl sites for hydroxylation is 2. The number of carbonyl (C=O) groups is 2. The fourth-order valence-corrected chi connectivity index (χ4v) is 6.07. The molecule has 2 aliphatic rings. The van der Waals surface area contributed by atoms with Crippen LogP contribution in [0, 0.1) is 25.7 Å². The van der Waals surface area contributed by atoms with Crippen LogP contribution in [0.15, 0.2) is 54.9 Å². The first-order valence-electron chi connectivity index (χ1n) is 11.6. The summed E-state index contributed by atoms with van der Waals surface area (Å²) < 4.78 is 1.69. The van der Waals surface area contributed by atoms with E-state index in [-0.39, 0.29) is 17.9 Å². The molecule has 0 bridgehead atoms. The van der Waals surface area contributed by atoms with Gasteiger partial charge in [-0.3, -0.25) is 9.59 Å². The zero-order chi connectivity index (χ0) is 23.4. The molecule has 3 aromatic heterocycles. The van der Waals surface area contributed by atoms with Gasteiger partial charge in [-0.25, -0.2) is 9.50 Å². The molecule has 4 heterocycles. The predicted octanol–water partition coefficient (Wildman–Crippen LogP) is 3.97. The van der Waals surface area contributed by atoms with Crippen molar-refractivity contribution in [3.8, 4) is 10.4 Å². The molecule has 1 aliphatic heterocycles. The third-order valence-corrected chi connectivity index (χ3v) is 7.94. The number of likely N-dealkylation sites (tertiary alicyclic amines) is 1. The number of nitrogens with zero attached hydrogens (tertiary/aromatic N) is 4. The van der Waals surface area contributed by atoms with Crippen molar-refractivity contribution in [1.29, 1.82) is 0 Å². The Morgan fingerprint density at radius 3 is 2.91 bits per heavy atom. The second-order valence-electron chi connectivity index (χ2n) is 9.26. The van der Waals surface area contributed by atoms with Crippen molar-refractivity contribution in [2.24, 2.45) is 11.8 Å². The van der Waals surface area contributed by atoms with Crippen LogP contribution in [0.2, 0.25) is 0 Å². The van der Waals surface area contributed by atoms with Crippen molar-refractivity contribution in [3.63, 3.8) is 0 Å². The molecule has 1 aliphatic carbocycles. The van der Waals surface area contributed by atoms with Gasteiger partial charge in [0.1, 0.15) is 5.69 Å². The Morgan fingerprint density at radius 2 is 2.06 bits per heavy atom. The summed E-state index contributed by atoms with van der Waals surface area (Å²) in [5.41, 5.74) is 4.01. The summed E-state index contributed by atoms with van der Waals surface area (Å²) in [5, 5.41) is 8.20. The lowest BCUT2D eigenvalue weighted by atomic mass is 10.1. The lowest BCUT2D eigenvalue weighted by Gasteiger charge is -2.27. The quantitative estimate of drug-likeness (QED) is 0.478. The maximum Gasteiger partial charge on any atom is 0.274 e. The number of aromatic nitrogens is 3. The molecule has 0 spiro atoms. The van der Waals surface area contributed by atoms with Gasteiger partial charge in [0.2, 0.25) is 0 Å². The van der Waals surface area contributed by atoms with Gasteiger partial charge in [0.25, 0.3) is 11.8 Å². The summed E-state index contributed by atoms with van der Waals surface area (Å²) >= 11 is 1.56. The van der Waals surface area contributed by atoms with Crippen LogP contribution in [0.4, 0.5) is 0 Å². The molecule has 2 amide bonds. The molecule has 0 radical (unpaired) electrons. The van der Waals surface area contributed by atoms with E-state index < -0.39 is 0 Å². The maximum absolute atomic E-state index is 13.7. The smallest absolute Gasteiger partial charge is 0.274 e. The minimum absolute atomic E-state index is 0.0179. The molecular weight excluding hydrogens is 446 g/mol. The Morgan fingerprint density at radius 1 is 1.18 bits per heavy atom. The number of thiazole rings is 1. The summed E-state index contributed by atoms with van der Waals surface area (Å²) in [6.07, 6.45) is 4.52. The van der Waals surface area contributed by atoms with Crippen LogP contribution < -0.4 is 5.32 Å². The minimum Gasteiger partial charge on any atom is -0.350 e. The number of piperidine rings is 1. The molecule has 2 fully saturated rings. The first kappa shape index (κ1) is 21.0. The van der Waals surface area contributed by atoms with Gasteiger partial charge < -0.3 is 10.2 Å². The van der Waals surface area contributed by atoms with Crippen LogP contribution in [-0.4, -0.2) is 50.4 Å². The average molecular weight is 472 g/mol. The van der Waals surface area contributed by atoms with Crippen LogP contribution in [0.3, 0.4) is 0 Å². The number of amides is 2. The molecule has 3 atom stereocenters. The van der Waals surface area contributed by atoms with Crippen molar-refractivity contribution >= 4 is 28.7 Å². The van der Waals surface area contributed by atoms with E-state index in [1.807, 2.05) is 48.4 Å². The van der Waals surface area contributed by atoms with Gasteiger partial charge in [0.15, 0.2) is 0 Å². The third-order valence-electron chi connectivity index (χ3n) is 6.92. The van der Waals surface area contributed by atoms with E-state index in [0.29, 0.717) is 29.6 Å². The number of pyridine rings is 1. The van der Waals surface area contributed by atoms with Crippen LogP contribution in [-0.2, 0) is 0 Å². The first-order chi connectivity index (χ1) is 16.5. The Kier molecular flexibility index (Phi) is 4.99. The van der Waals surface area contributed by atoms with E-state index in [0.717, 1.165) is 39.5 Å². The second-order valence-corrected chi connectivity index (χ2v) is 10.5. The van der Waals surface area contributed by atoms with E-state index >= 15 is 0 Å². The van der Waals surface area contributed by atoms with Gasteiger partial charge in [0, 0.05) is 19.3 Å². The molecule has 4 aromatic rings. The van der Waals surface area contributed by atoms with Crippen molar-refractivity contribution < 1.29 is 9.59 Å². The molecule has 0 unspecified atom stereocenters. The van der Waals surface area contributed by atoms with Crippen molar-refractivity contribution in [3.05, 3.63) is 76.7 Å². The number of hydrogen-bond acceptors (Lipinski definition) is 5. The van der Waals surface area contributed by atoms with Crippen molar-refractivity contribution in [2.75, 3.05) is 13.1 Å². The Hall–Kier alpha value is -3.52. The largest absolute Gasteiger partial charge is 0.350 e. The lowest BCUT2D eigenvalue weighted by molar-refractivity contribution is 0.0690. The highest BCUT2D eigenvalue weighted by Crippen LogP contribution is 2.50. The standard InChI is InChI=1S/C26H25N5O2S/c1-15-6-5-7-17(10-15)24-23(29-16(2)34-24)26(33)30-14-18-11-19(18)22(30)13-27-25(32)20-12-28-31-9-4-3-8-21(20)31/h3-10,12,18-19,22H,11,13-14H2,1-2H3,(H,27,32)/t18-,19-,22-/m1/s1. The van der Waals surface area contributed by atoms with Gasteiger partial charge in [-0.2, -0.15) is 5.10 Å². The van der Waals surface area contributed by atoms with E-state index in [2.05, 4.69) is 34.5 Å². The topological polar surface area (TPSA) is 79.6 Å². The van der Waals surface area contributed by atoms with Crippen LogP contribution >= 0.6 is 11.3 Å². The molecule has 7 nitrogen and oxygen atoms in total. The number of fused-ring (bicyclic) bond motifs is 2. The van der Waals surface area contributed by atoms with Crippen LogP contribution in [0.25, 0.3) is 16.0 Å². The van der Waals surface area contributed by atoms with Crippen LogP contribution in [0.5, 0.6) is 0 Å². The summed E-state index contributed by atoms with van der Waals surface area (Å²) in [5.74, 6) is 0.756. The Labute approximate surface area is 201 Å². The Balaban J connectivity index is 1.23. The molecule has 1 aromatic carbocycles. The molecular formula is C26H25N5O2S. The third kappa shape index (κ3) is 3.58. The number of rotatable bonds is 5. The minimum atomic E-state index is -0.164. The van der Waals surface area contributed by atoms with Gasteiger partial charge in [-0.15, -0.1) is 11.3 Å². The van der Waals surface area contributed by atoms with Gasteiger partial charge >= 0.3 is 0 Å². The maximum atomic E-state index is 13.7. The molecule has 1 saturated carbocycles. The van der Waals surface area contributed by atoms with E-state index in [4.69, 9.17) is 0 Å². The highest BCUT2D eigenvalue weighted by Gasteiger charge is 2.54. The normalized spacial score (nSPS) is 21.0. The van der Waals surface area contributed by atoms with Crippen LogP contribution in [0.1, 0.15) is 37.8 Å². The van der Waals surface area contributed by atoms with Gasteiger partial charge in [0.05, 0.1) is 33.2 Å². The van der Waals surface area contributed by atoms with Gasteiger partial charge in [-0.1, -0.05) is 35.9 Å². The number of hydrogen-bond donors (Lipinski definition) is 1. The van der Waals surface area contributed by atoms with E-state index in [1.54, 1.807) is 22.0 Å².